The topological polar surface area (TPSA) is 94.9 Å². The number of hydrogen-bond acceptors (Lipinski definition) is 6. The van der Waals surface area contributed by atoms with E-state index in [2.05, 4.69) is 20.2 Å². The number of benzene rings is 3. The number of aliphatic hydroxyl groups is 1. The summed E-state index contributed by atoms with van der Waals surface area (Å²) in [5, 5.41) is 14.9. The van der Waals surface area contributed by atoms with Crippen LogP contribution in [0, 0.1) is 0 Å². The maximum atomic E-state index is 13.2. The molecule has 4 aromatic rings. The van der Waals surface area contributed by atoms with Crippen LogP contribution in [-0.2, 0) is 23.9 Å². The van der Waals surface area contributed by atoms with E-state index in [0.717, 1.165) is 28.8 Å². The van der Waals surface area contributed by atoms with E-state index in [4.69, 9.17) is 0 Å². The molecule has 45 heavy (non-hydrogen) atoms. The van der Waals surface area contributed by atoms with Crippen molar-refractivity contribution in [1.29, 1.82) is 0 Å². The number of likely N-dealkylation sites (tertiary alicyclic amines) is 1. The predicted molar refractivity (Wildman–Crippen MR) is 163 cm³/mol. The van der Waals surface area contributed by atoms with Gasteiger partial charge in [0.2, 0.25) is 6.08 Å². The molecule has 1 aliphatic rings. The van der Waals surface area contributed by atoms with Gasteiger partial charge in [0.05, 0.1) is 11.7 Å². The number of carbonyl (C=O) groups is 1. The normalized spacial score (nSPS) is 18.2. The molecule has 0 bridgehead atoms. The first-order valence-electron chi connectivity index (χ1n) is 14.7. The van der Waals surface area contributed by atoms with Crippen molar-refractivity contribution in [3.63, 3.8) is 0 Å². The molecule has 5 rings (SSSR count). The van der Waals surface area contributed by atoms with Crippen molar-refractivity contribution < 1.29 is 27.9 Å². The zero-order chi connectivity index (χ0) is 31.8. The molecular weight excluding hydrogens is 581 g/mol. The maximum absolute atomic E-state index is 13.2. The average molecular weight is 615 g/mol. The van der Waals surface area contributed by atoms with E-state index in [1.165, 1.54) is 12.1 Å². The summed E-state index contributed by atoms with van der Waals surface area (Å²) in [5.74, 6) is -0.829. The first-order chi connectivity index (χ1) is 21.8. The van der Waals surface area contributed by atoms with Crippen LogP contribution in [0.3, 0.4) is 0 Å². The Morgan fingerprint density at radius 2 is 1.71 bits per heavy atom. The minimum atomic E-state index is -4.44. The van der Waals surface area contributed by atoms with Crippen molar-refractivity contribution in [2.75, 3.05) is 13.1 Å². The number of hydrogen-bond donors (Lipinski definition) is 2. The number of carbonyl (C=O) groups excluding carboxylic acids is 2. The smallest absolute Gasteiger partial charge is 0.390 e. The average Bonchev–Trinajstić information content (AvgIpc) is 3.49. The van der Waals surface area contributed by atoms with E-state index in [9.17, 15) is 27.9 Å². The Balaban J connectivity index is 1.45. The minimum Gasteiger partial charge on any atom is -0.390 e. The number of rotatable bonds is 11. The van der Waals surface area contributed by atoms with Crippen LogP contribution < -0.4 is 5.32 Å². The van der Waals surface area contributed by atoms with Gasteiger partial charge < -0.3 is 10.4 Å². The third-order valence-electron chi connectivity index (χ3n) is 8.32. The molecule has 2 unspecified atom stereocenters. The molecule has 2 heterocycles. The fourth-order valence-electron chi connectivity index (χ4n) is 6.30. The predicted octanol–water partition coefficient (Wildman–Crippen LogP) is 5.87. The van der Waals surface area contributed by atoms with E-state index < -0.39 is 23.8 Å². The lowest BCUT2D eigenvalue weighted by atomic mass is 9.84. The molecule has 0 spiro atoms. The fraction of sp³-hybridized carbons (Fsp3) is 0.286. The van der Waals surface area contributed by atoms with Gasteiger partial charge in [0.25, 0.3) is 5.91 Å². The van der Waals surface area contributed by atoms with E-state index in [0.29, 0.717) is 30.5 Å². The molecule has 3 aromatic carbocycles. The molecule has 1 saturated heterocycles. The molecule has 10 heteroatoms. The van der Waals surface area contributed by atoms with Crippen LogP contribution in [0.4, 0.5) is 13.2 Å². The van der Waals surface area contributed by atoms with Gasteiger partial charge >= 0.3 is 6.18 Å². The second-order valence-electron chi connectivity index (χ2n) is 11.1. The summed E-state index contributed by atoms with van der Waals surface area (Å²) in [6.07, 6.45) is 0.603. The largest absolute Gasteiger partial charge is 0.416 e. The lowest BCUT2D eigenvalue weighted by molar-refractivity contribution is -0.137. The molecule has 1 amide bonds. The van der Waals surface area contributed by atoms with Gasteiger partial charge in [0.15, 0.2) is 0 Å². The number of alkyl halides is 3. The molecule has 7 nitrogen and oxygen atoms in total. The second-order valence-corrected chi connectivity index (χ2v) is 11.1. The van der Waals surface area contributed by atoms with Crippen molar-refractivity contribution in [2.45, 2.75) is 49.7 Å². The Hall–Kier alpha value is -4.47. The van der Waals surface area contributed by atoms with E-state index in [-0.39, 0.29) is 31.1 Å². The summed E-state index contributed by atoms with van der Waals surface area (Å²) in [7, 11) is 0. The molecule has 4 atom stereocenters. The summed E-state index contributed by atoms with van der Waals surface area (Å²) in [4.78, 5) is 33.5. The number of nitrogens with one attached hydrogen (secondary N) is 1. The fourth-order valence-corrected chi connectivity index (χ4v) is 6.30. The quantitative estimate of drug-likeness (QED) is 0.162. The van der Waals surface area contributed by atoms with Gasteiger partial charge in [-0.3, -0.25) is 14.7 Å². The zero-order valence-corrected chi connectivity index (χ0v) is 24.4. The van der Waals surface area contributed by atoms with Gasteiger partial charge in [-0.15, -0.1) is 4.99 Å². The molecule has 1 fully saturated rings. The summed E-state index contributed by atoms with van der Waals surface area (Å²) in [5.41, 5.74) is 2.80. The van der Waals surface area contributed by atoms with Crippen LogP contribution in [0.25, 0.3) is 0 Å². The first kappa shape index (κ1) is 31.9. The zero-order valence-electron chi connectivity index (χ0n) is 24.4. The Morgan fingerprint density at radius 3 is 2.44 bits per heavy atom. The van der Waals surface area contributed by atoms with Gasteiger partial charge in [-0.25, -0.2) is 4.79 Å². The van der Waals surface area contributed by atoms with Crippen LogP contribution in [0.1, 0.15) is 56.6 Å². The Kier molecular flexibility index (Phi) is 10.3. The third kappa shape index (κ3) is 7.79. The number of isocyanates is 1. The molecule has 232 valence electrons. The molecule has 0 radical (unpaired) electrons. The van der Waals surface area contributed by atoms with Crippen molar-refractivity contribution in [3.05, 3.63) is 137 Å². The highest BCUT2D eigenvalue weighted by Crippen LogP contribution is 2.46. The van der Waals surface area contributed by atoms with E-state index >= 15 is 0 Å². The van der Waals surface area contributed by atoms with Gasteiger partial charge in [-0.1, -0.05) is 66.7 Å². The third-order valence-corrected chi connectivity index (χ3v) is 8.32. The summed E-state index contributed by atoms with van der Waals surface area (Å²) in [6.45, 7) is 0.891. The van der Waals surface area contributed by atoms with Crippen LogP contribution in [0.2, 0.25) is 0 Å². The molecule has 1 aliphatic heterocycles. The van der Waals surface area contributed by atoms with Crippen molar-refractivity contribution in [1.82, 2.24) is 15.2 Å². The number of aromatic nitrogens is 1. The van der Waals surface area contributed by atoms with Crippen LogP contribution in [0.15, 0.2) is 108 Å². The van der Waals surface area contributed by atoms with Crippen LogP contribution in [0.5, 0.6) is 0 Å². The van der Waals surface area contributed by atoms with E-state index in [1.54, 1.807) is 30.6 Å². The Labute approximate surface area is 259 Å². The highest BCUT2D eigenvalue weighted by Gasteiger charge is 2.43. The Bertz CT molecular complexity index is 1630. The van der Waals surface area contributed by atoms with Crippen molar-refractivity contribution >= 4 is 12.0 Å². The monoisotopic (exact) mass is 614 g/mol. The second kappa shape index (κ2) is 14.5. The summed E-state index contributed by atoms with van der Waals surface area (Å²) < 4.78 is 39.7. The van der Waals surface area contributed by atoms with Gasteiger partial charge in [0.1, 0.15) is 0 Å². The summed E-state index contributed by atoms with van der Waals surface area (Å²) >= 11 is 0. The molecule has 2 N–H and O–H groups in total. The Morgan fingerprint density at radius 1 is 1.00 bits per heavy atom. The molecule has 1 aromatic heterocycles. The standard InChI is InChI=1S/C35H33F3N4O3/c36-35(37,38)27-10-6-9-25(19-27)21-40-22-32(44)31(20-24-7-2-1-3-8-24)42-18-15-29(33(42)26-13-16-39-17-14-26)28-11-4-5-12-30(28)34(45)41-23-43/h1-14,16-17,19,29,31-33,40,44H,15,18,20-22H2/t29?,31-,32+,33?/m0/s1. The molecular formula is C35H33F3N4O3. The SMILES string of the molecule is O=C=NC(=O)c1ccccc1C1CCN([C@@H](Cc2ccccc2)[C@H](O)CNCc2cccc(C(F)(F)F)c2)C1c1ccncc1. The van der Waals surface area contributed by atoms with Crippen molar-refractivity contribution in [3.8, 4) is 0 Å². The lowest BCUT2D eigenvalue weighted by Gasteiger charge is -2.38. The number of aliphatic imine (C=N–C) groups is 1. The number of amides is 1. The van der Waals surface area contributed by atoms with Crippen LogP contribution in [-0.4, -0.2) is 52.2 Å². The van der Waals surface area contributed by atoms with Crippen LogP contribution >= 0.6 is 0 Å². The van der Waals surface area contributed by atoms with Gasteiger partial charge in [0, 0.05) is 49.0 Å². The lowest BCUT2D eigenvalue weighted by Crippen LogP contribution is -2.49. The highest BCUT2D eigenvalue weighted by atomic mass is 19.4. The molecule has 0 saturated carbocycles. The minimum absolute atomic E-state index is 0.140. The van der Waals surface area contributed by atoms with Crippen molar-refractivity contribution in [2.24, 2.45) is 4.99 Å². The number of pyridine rings is 1. The molecule has 0 aliphatic carbocycles. The van der Waals surface area contributed by atoms with E-state index in [1.807, 2.05) is 54.6 Å². The summed E-state index contributed by atoms with van der Waals surface area (Å²) in [6, 6.07) is 25.2. The number of nitrogens with zero attached hydrogens (tertiary/aromatic N) is 3. The first-order valence-corrected chi connectivity index (χ1v) is 14.7. The highest BCUT2D eigenvalue weighted by molar-refractivity contribution is 5.98. The number of aliphatic hydroxyl groups excluding tert-OH is 1. The maximum Gasteiger partial charge on any atom is 0.416 e. The number of halogens is 3. The van der Waals surface area contributed by atoms with Gasteiger partial charge in [-0.2, -0.15) is 13.2 Å². The van der Waals surface area contributed by atoms with Gasteiger partial charge in [-0.05, 0) is 65.9 Å².